The lowest BCUT2D eigenvalue weighted by atomic mass is 9.66. The van der Waals surface area contributed by atoms with E-state index in [1.54, 1.807) is 13.8 Å². The summed E-state index contributed by atoms with van der Waals surface area (Å²) in [4.78, 5) is 37.2. The number of pyridine rings is 1. The van der Waals surface area contributed by atoms with Gasteiger partial charge in [-0.2, -0.15) is 0 Å². The first-order valence-corrected chi connectivity index (χ1v) is 14.6. The number of ether oxygens (including phenoxy) is 2. The van der Waals surface area contributed by atoms with E-state index in [0.717, 1.165) is 51.4 Å². The lowest BCUT2D eigenvalue weighted by Gasteiger charge is -2.37. The van der Waals surface area contributed by atoms with Crippen LogP contribution in [-0.4, -0.2) is 39.7 Å². The lowest BCUT2D eigenvalue weighted by molar-refractivity contribution is -0.174. The molecule has 0 aliphatic carbocycles. The average Bonchev–Trinajstić information content (AvgIpc) is 3.31. The van der Waals surface area contributed by atoms with Gasteiger partial charge in [0.2, 0.25) is 0 Å². The topological polar surface area (TPSA) is 83.3 Å². The van der Waals surface area contributed by atoms with Crippen molar-refractivity contribution in [1.29, 1.82) is 0 Å². The van der Waals surface area contributed by atoms with Crippen molar-refractivity contribution < 1.29 is 19.1 Å². The number of esters is 2. The molecule has 2 heterocycles. The third kappa shape index (κ3) is 5.90. The van der Waals surface area contributed by atoms with E-state index >= 15 is 0 Å². The number of nitrogens with zero attached hydrogens (tertiary/aromatic N) is 3. The Morgan fingerprint density at radius 2 is 1.46 bits per heavy atom. The van der Waals surface area contributed by atoms with Crippen LogP contribution in [0.1, 0.15) is 80.2 Å². The van der Waals surface area contributed by atoms with Crippen molar-refractivity contribution in [3.8, 4) is 0 Å². The van der Waals surface area contributed by atoms with E-state index in [0.29, 0.717) is 19.4 Å². The number of carbonyl (C=O) groups excluding carboxylic acids is 2. The molecule has 0 radical (unpaired) electrons. The third-order valence-corrected chi connectivity index (χ3v) is 7.62. The Labute approximate surface area is 242 Å². The Morgan fingerprint density at radius 3 is 2.02 bits per heavy atom. The van der Waals surface area contributed by atoms with Gasteiger partial charge in [0.25, 0.3) is 0 Å². The van der Waals surface area contributed by atoms with Crippen LogP contribution in [0, 0.1) is 19.3 Å². The summed E-state index contributed by atoms with van der Waals surface area (Å²) in [5.74, 6) is -0.692. The highest BCUT2D eigenvalue weighted by atomic mass is 16.6. The van der Waals surface area contributed by atoms with Gasteiger partial charge in [-0.15, -0.1) is 0 Å². The van der Waals surface area contributed by atoms with Crippen LogP contribution in [0.2, 0.25) is 0 Å². The highest BCUT2D eigenvalue weighted by molar-refractivity contribution is 6.02. The second kappa shape index (κ2) is 13.1. The van der Waals surface area contributed by atoms with E-state index in [4.69, 9.17) is 19.4 Å². The number of fused-ring (bicyclic) bond motifs is 1. The molecule has 0 fully saturated rings. The molecule has 4 rings (SSSR count). The van der Waals surface area contributed by atoms with Gasteiger partial charge in [-0.3, -0.25) is 9.59 Å². The largest absolute Gasteiger partial charge is 0.465 e. The number of carbonyl (C=O) groups is 2. The van der Waals surface area contributed by atoms with Crippen molar-refractivity contribution in [1.82, 2.24) is 14.5 Å². The lowest BCUT2D eigenvalue weighted by Crippen LogP contribution is -2.47. The molecule has 0 saturated carbocycles. The van der Waals surface area contributed by atoms with Crippen LogP contribution in [-0.2, 0) is 32.0 Å². The molecule has 1 atom stereocenters. The fourth-order valence-corrected chi connectivity index (χ4v) is 5.87. The molecule has 0 aliphatic heterocycles. The monoisotopic (exact) mass is 555 g/mol. The number of aryl methyl sites for hydroxylation is 3. The van der Waals surface area contributed by atoms with Crippen LogP contribution >= 0.6 is 0 Å². The molecular weight excluding hydrogens is 514 g/mol. The number of hydrogen-bond donors (Lipinski definition) is 0. The van der Waals surface area contributed by atoms with Crippen molar-refractivity contribution in [2.45, 2.75) is 73.3 Å². The minimum atomic E-state index is -1.52. The first-order chi connectivity index (χ1) is 19.8. The quantitative estimate of drug-likeness (QED) is 0.143. The molecule has 0 saturated heterocycles. The van der Waals surface area contributed by atoms with Gasteiger partial charge in [0.15, 0.2) is 11.1 Å². The summed E-state index contributed by atoms with van der Waals surface area (Å²) in [5.41, 5.74) is 5.17. The Bertz CT molecular complexity index is 1470. The van der Waals surface area contributed by atoms with Crippen LogP contribution in [0.4, 0.5) is 0 Å². The summed E-state index contributed by atoms with van der Waals surface area (Å²) in [6.45, 7) is 12.6. The first-order valence-electron chi connectivity index (χ1n) is 14.6. The van der Waals surface area contributed by atoms with E-state index in [9.17, 15) is 9.59 Å². The average molecular weight is 556 g/mol. The molecule has 7 nitrogen and oxygen atoms in total. The van der Waals surface area contributed by atoms with Crippen molar-refractivity contribution in [2.75, 3.05) is 13.2 Å². The Morgan fingerprint density at radius 1 is 0.854 bits per heavy atom. The predicted molar refractivity (Wildman–Crippen MR) is 161 cm³/mol. The second-order valence-corrected chi connectivity index (χ2v) is 10.5. The summed E-state index contributed by atoms with van der Waals surface area (Å²) in [7, 11) is 0. The summed E-state index contributed by atoms with van der Waals surface area (Å²) in [6, 6.07) is 19.9. The second-order valence-electron chi connectivity index (χ2n) is 10.5. The Hall–Kier alpha value is -4.00. The summed E-state index contributed by atoms with van der Waals surface area (Å²) >= 11 is 0. The fraction of sp³-hybridized carbons (Fsp3) is 0.412. The zero-order valence-electron chi connectivity index (χ0n) is 25.1. The van der Waals surface area contributed by atoms with Crippen molar-refractivity contribution in [2.24, 2.45) is 5.41 Å². The highest BCUT2D eigenvalue weighted by Crippen LogP contribution is 2.47. The molecule has 0 spiro atoms. The van der Waals surface area contributed by atoms with Gasteiger partial charge in [-0.05, 0) is 62.4 Å². The van der Waals surface area contributed by atoms with E-state index in [-0.39, 0.29) is 13.2 Å². The summed E-state index contributed by atoms with van der Waals surface area (Å²) < 4.78 is 13.3. The predicted octanol–water partition coefficient (Wildman–Crippen LogP) is 6.70. The normalized spacial score (nSPS) is 12.3. The number of rotatable bonds is 12. The maximum absolute atomic E-state index is 13.7. The van der Waals surface area contributed by atoms with Crippen LogP contribution in [0.25, 0.3) is 11.2 Å². The van der Waals surface area contributed by atoms with E-state index in [1.807, 2.05) is 56.3 Å². The highest BCUT2D eigenvalue weighted by Gasteiger charge is 2.55. The number of hydrogen-bond acceptors (Lipinski definition) is 6. The van der Waals surface area contributed by atoms with Crippen molar-refractivity contribution in [3.63, 3.8) is 0 Å². The third-order valence-electron chi connectivity index (χ3n) is 7.62. The van der Waals surface area contributed by atoms with Gasteiger partial charge in [0, 0.05) is 18.0 Å². The zero-order valence-corrected chi connectivity index (χ0v) is 25.1. The molecule has 0 N–H and O–H groups in total. The van der Waals surface area contributed by atoms with Crippen LogP contribution in [0.3, 0.4) is 0 Å². The van der Waals surface area contributed by atoms with E-state index < -0.39 is 23.3 Å². The molecular formula is C34H41N3O4. The van der Waals surface area contributed by atoms with Gasteiger partial charge in [-0.25, -0.2) is 9.97 Å². The molecule has 1 unspecified atom stereocenters. The fourth-order valence-electron chi connectivity index (χ4n) is 5.87. The summed E-state index contributed by atoms with van der Waals surface area (Å²) in [5, 5.41) is 0. The van der Waals surface area contributed by atoms with Gasteiger partial charge in [0.05, 0.1) is 19.8 Å². The number of imidazole rings is 1. The molecule has 2 aromatic heterocycles. The smallest absolute Gasteiger partial charge is 0.324 e. The first kappa shape index (κ1) is 30.0. The van der Waals surface area contributed by atoms with E-state index in [2.05, 4.69) is 36.6 Å². The van der Waals surface area contributed by atoms with Gasteiger partial charge in [-0.1, -0.05) is 74.9 Å². The molecule has 0 aliphatic rings. The van der Waals surface area contributed by atoms with Crippen LogP contribution < -0.4 is 0 Å². The SMILES string of the molecule is CCCC(C(=O)OCC)(C(=O)OCC)C(c1ccccc1)c1ccc(Cn2c(CC)nc3c(C)cc(C)nc32)cc1. The van der Waals surface area contributed by atoms with Crippen molar-refractivity contribution in [3.05, 3.63) is 94.4 Å². The zero-order chi connectivity index (χ0) is 29.6. The van der Waals surface area contributed by atoms with Crippen LogP contribution in [0.5, 0.6) is 0 Å². The van der Waals surface area contributed by atoms with Gasteiger partial charge >= 0.3 is 11.9 Å². The molecule has 4 aromatic rings. The Balaban J connectivity index is 1.82. The molecule has 7 heteroatoms. The van der Waals surface area contributed by atoms with E-state index in [1.165, 1.54) is 0 Å². The van der Waals surface area contributed by atoms with Gasteiger partial charge < -0.3 is 14.0 Å². The maximum Gasteiger partial charge on any atom is 0.324 e. The minimum Gasteiger partial charge on any atom is -0.465 e. The molecule has 0 bridgehead atoms. The standard InChI is InChI=1S/C34H41N3O4/c1-7-20-34(32(38)40-9-3,33(39)41-10-4)29(26-14-12-11-13-15-26)27-18-16-25(17-19-27)22-37-28(8-2)36-30-23(5)21-24(6)35-31(30)37/h11-19,21,29H,7-10,20,22H2,1-6H3. The van der Waals surface area contributed by atoms with Crippen molar-refractivity contribution >= 4 is 23.1 Å². The molecule has 41 heavy (non-hydrogen) atoms. The molecule has 2 aromatic carbocycles. The molecule has 0 amide bonds. The number of benzene rings is 2. The number of aromatic nitrogens is 3. The molecule has 216 valence electrons. The van der Waals surface area contributed by atoms with Gasteiger partial charge in [0.1, 0.15) is 11.3 Å². The van der Waals surface area contributed by atoms with Crippen LogP contribution in [0.15, 0.2) is 60.7 Å². The summed E-state index contributed by atoms with van der Waals surface area (Å²) in [6.07, 6.45) is 1.71. The maximum atomic E-state index is 13.7. The Kier molecular flexibility index (Phi) is 9.58. The minimum absolute atomic E-state index is 0.176.